The second-order valence-corrected chi connectivity index (χ2v) is 6.50. The van der Waals surface area contributed by atoms with E-state index in [9.17, 15) is 18.6 Å². The van der Waals surface area contributed by atoms with Crippen LogP contribution in [-0.2, 0) is 10.0 Å². The fourth-order valence-corrected chi connectivity index (χ4v) is 2.96. The van der Waals surface area contributed by atoms with Crippen LogP contribution in [0.25, 0.3) is 0 Å². The Morgan fingerprint density at radius 3 is 2.45 bits per heavy atom. The molecule has 0 saturated carbocycles. The van der Waals surface area contributed by atoms with Crippen LogP contribution in [0.5, 0.6) is 11.5 Å². The van der Waals surface area contributed by atoms with E-state index < -0.39 is 10.0 Å². The second kappa shape index (κ2) is 6.07. The van der Waals surface area contributed by atoms with E-state index in [2.05, 4.69) is 9.93 Å². The van der Waals surface area contributed by atoms with E-state index in [0.717, 1.165) is 5.56 Å². The first-order valence-electron chi connectivity index (χ1n) is 6.44. The molecule has 0 radical (unpaired) electrons. The number of hydrazone groups is 1. The van der Waals surface area contributed by atoms with Crippen LogP contribution in [-0.4, -0.2) is 24.8 Å². The standard InChI is InChI=1S/C15H16N2O4S/c1-10-3-4-11(2)15(7-10)22(20,21)17-16-9-12-5-6-13(18)14(19)8-12/h3-9,17-19H,1-2H3/b16-9-. The Kier molecular flexibility index (Phi) is 4.37. The lowest BCUT2D eigenvalue weighted by Gasteiger charge is -2.07. The van der Waals surface area contributed by atoms with Crippen molar-refractivity contribution in [2.24, 2.45) is 5.10 Å². The van der Waals surface area contributed by atoms with E-state index in [0.29, 0.717) is 11.1 Å². The zero-order valence-corrected chi connectivity index (χ0v) is 12.9. The third kappa shape index (κ3) is 3.56. The van der Waals surface area contributed by atoms with Gasteiger partial charge in [0.15, 0.2) is 11.5 Å². The molecule has 0 aliphatic carbocycles. The molecule has 0 aromatic heterocycles. The molecule has 3 N–H and O–H groups in total. The number of sulfonamides is 1. The first-order valence-corrected chi connectivity index (χ1v) is 7.92. The molecule has 0 saturated heterocycles. The summed E-state index contributed by atoms with van der Waals surface area (Å²) in [4.78, 5) is 2.29. The highest BCUT2D eigenvalue weighted by atomic mass is 32.2. The van der Waals surface area contributed by atoms with Crippen LogP contribution in [0.1, 0.15) is 16.7 Å². The van der Waals surface area contributed by atoms with Gasteiger partial charge in [-0.2, -0.15) is 13.5 Å². The summed E-state index contributed by atoms with van der Waals surface area (Å²) in [6, 6.07) is 9.17. The molecule has 0 aliphatic rings. The van der Waals surface area contributed by atoms with Gasteiger partial charge < -0.3 is 10.2 Å². The van der Waals surface area contributed by atoms with Crippen LogP contribution in [0.2, 0.25) is 0 Å². The molecule has 0 heterocycles. The Morgan fingerprint density at radius 2 is 1.77 bits per heavy atom. The molecule has 0 atom stereocenters. The summed E-state index contributed by atoms with van der Waals surface area (Å²) in [5, 5.41) is 22.2. The number of hydrogen-bond donors (Lipinski definition) is 3. The third-order valence-corrected chi connectivity index (χ3v) is 4.38. The maximum atomic E-state index is 12.2. The smallest absolute Gasteiger partial charge is 0.276 e. The molecule has 0 aliphatic heterocycles. The number of aromatic hydroxyl groups is 2. The van der Waals surface area contributed by atoms with Gasteiger partial charge in [-0.05, 0) is 54.8 Å². The first-order chi connectivity index (χ1) is 10.3. The molecule has 6 nitrogen and oxygen atoms in total. The molecule has 0 bridgehead atoms. The highest BCUT2D eigenvalue weighted by Crippen LogP contribution is 2.24. The maximum Gasteiger partial charge on any atom is 0.276 e. The Morgan fingerprint density at radius 1 is 1.05 bits per heavy atom. The number of phenols is 2. The predicted molar refractivity (Wildman–Crippen MR) is 83.6 cm³/mol. The van der Waals surface area contributed by atoms with Gasteiger partial charge in [0.2, 0.25) is 0 Å². The molecule has 2 aromatic carbocycles. The lowest BCUT2D eigenvalue weighted by molar-refractivity contribution is 0.403. The lowest BCUT2D eigenvalue weighted by Crippen LogP contribution is -2.19. The number of hydrogen-bond acceptors (Lipinski definition) is 5. The average molecular weight is 320 g/mol. The second-order valence-electron chi connectivity index (χ2n) is 4.87. The van der Waals surface area contributed by atoms with E-state index in [4.69, 9.17) is 0 Å². The molecule has 0 fully saturated rings. The normalized spacial score (nSPS) is 11.7. The molecule has 7 heteroatoms. The van der Waals surface area contributed by atoms with Crippen molar-refractivity contribution in [3.05, 3.63) is 53.1 Å². The summed E-state index contributed by atoms with van der Waals surface area (Å²) in [6.45, 7) is 3.51. The van der Waals surface area contributed by atoms with Crippen molar-refractivity contribution in [1.29, 1.82) is 0 Å². The number of rotatable bonds is 4. The molecule has 2 aromatic rings. The van der Waals surface area contributed by atoms with Gasteiger partial charge in [-0.1, -0.05) is 12.1 Å². The minimum atomic E-state index is -3.76. The Hall–Kier alpha value is -2.54. The van der Waals surface area contributed by atoms with Crippen molar-refractivity contribution in [1.82, 2.24) is 4.83 Å². The fraction of sp³-hybridized carbons (Fsp3) is 0.133. The third-order valence-electron chi connectivity index (χ3n) is 3.02. The van der Waals surface area contributed by atoms with Crippen LogP contribution in [0.15, 0.2) is 46.4 Å². The Bertz CT molecular complexity index is 829. The molecule has 0 spiro atoms. The van der Waals surface area contributed by atoms with E-state index in [1.54, 1.807) is 26.0 Å². The van der Waals surface area contributed by atoms with E-state index in [1.807, 2.05) is 6.07 Å². The molecule has 116 valence electrons. The van der Waals surface area contributed by atoms with Crippen molar-refractivity contribution in [2.75, 3.05) is 0 Å². The minimum absolute atomic E-state index is 0.165. The summed E-state index contributed by atoms with van der Waals surface area (Å²) < 4.78 is 24.4. The van der Waals surface area contributed by atoms with Crippen LogP contribution in [0.4, 0.5) is 0 Å². The zero-order chi connectivity index (χ0) is 16.3. The van der Waals surface area contributed by atoms with Crippen LogP contribution in [0.3, 0.4) is 0 Å². The number of aryl methyl sites for hydroxylation is 2. The summed E-state index contributed by atoms with van der Waals surface area (Å²) in [6.07, 6.45) is 1.24. The van der Waals surface area contributed by atoms with E-state index >= 15 is 0 Å². The van der Waals surface area contributed by atoms with Gasteiger partial charge in [0, 0.05) is 0 Å². The maximum absolute atomic E-state index is 12.2. The van der Waals surface area contributed by atoms with Gasteiger partial charge in [0.05, 0.1) is 11.1 Å². The summed E-state index contributed by atoms with van der Waals surface area (Å²) in [5.41, 5.74) is 1.90. The quantitative estimate of drug-likeness (QED) is 0.456. The van der Waals surface area contributed by atoms with Gasteiger partial charge in [-0.3, -0.25) is 0 Å². The van der Waals surface area contributed by atoms with Crippen molar-refractivity contribution in [2.45, 2.75) is 18.7 Å². The summed E-state index contributed by atoms with van der Waals surface area (Å²) in [7, 11) is -3.76. The molecule has 0 amide bonds. The topological polar surface area (TPSA) is 99.0 Å². The number of nitrogens with one attached hydrogen (secondary N) is 1. The van der Waals surface area contributed by atoms with Crippen molar-refractivity contribution < 1.29 is 18.6 Å². The largest absolute Gasteiger partial charge is 0.504 e. The fourth-order valence-electron chi connectivity index (χ4n) is 1.84. The molecular formula is C15H16N2O4S. The van der Waals surface area contributed by atoms with E-state index in [-0.39, 0.29) is 16.4 Å². The molecular weight excluding hydrogens is 304 g/mol. The molecule has 2 rings (SSSR count). The minimum Gasteiger partial charge on any atom is -0.504 e. The number of phenolic OH excluding ortho intramolecular Hbond substituents is 2. The monoisotopic (exact) mass is 320 g/mol. The lowest BCUT2D eigenvalue weighted by atomic mass is 10.2. The highest BCUT2D eigenvalue weighted by molar-refractivity contribution is 7.89. The zero-order valence-electron chi connectivity index (χ0n) is 12.1. The van der Waals surface area contributed by atoms with E-state index in [1.165, 1.54) is 24.4 Å². The summed E-state index contributed by atoms with van der Waals surface area (Å²) >= 11 is 0. The molecule has 0 unspecified atom stereocenters. The first kappa shape index (κ1) is 15.8. The SMILES string of the molecule is Cc1ccc(C)c(S(=O)(=O)N/N=C\c2ccc(O)c(O)c2)c1. The Labute approximate surface area is 128 Å². The van der Waals surface area contributed by atoms with Gasteiger partial charge >= 0.3 is 0 Å². The number of benzene rings is 2. The van der Waals surface area contributed by atoms with Crippen molar-refractivity contribution in [3.63, 3.8) is 0 Å². The molecule has 22 heavy (non-hydrogen) atoms. The van der Waals surface area contributed by atoms with Crippen LogP contribution < -0.4 is 4.83 Å². The average Bonchev–Trinajstić information content (AvgIpc) is 2.45. The van der Waals surface area contributed by atoms with Crippen molar-refractivity contribution in [3.8, 4) is 11.5 Å². The Balaban J connectivity index is 2.20. The van der Waals surface area contributed by atoms with Crippen LogP contribution in [0, 0.1) is 13.8 Å². The van der Waals surface area contributed by atoms with Gasteiger partial charge in [0.1, 0.15) is 0 Å². The van der Waals surface area contributed by atoms with Gasteiger partial charge in [0.25, 0.3) is 10.0 Å². The van der Waals surface area contributed by atoms with Gasteiger partial charge in [-0.25, -0.2) is 4.83 Å². The highest BCUT2D eigenvalue weighted by Gasteiger charge is 2.15. The van der Waals surface area contributed by atoms with Crippen molar-refractivity contribution >= 4 is 16.2 Å². The summed E-state index contributed by atoms with van der Waals surface area (Å²) in [5.74, 6) is -0.561. The predicted octanol–water partition coefficient (Wildman–Crippen LogP) is 2.03. The van der Waals surface area contributed by atoms with Gasteiger partial charge in [-0.15, -0.1) is 0 Å². The van der Waals surface area contributed by atoms with Crippen LogP contribution >= 0.6 is 0 Å². The number of nitrogens with zero attached hydrogens (tertiary/aromatic N) is 1.